The van der Waals surface area contributed by atoms with Gasteiger partial charge in [0, 0.05) is 18.1 Å². The van der Waals surface area contributed by atoms with Crippen molar-refractivity contribution < 1.29 is 0 Å². The molecule has 2 aliphatic heterocycles. The second-order valence-corrected chi connectivity index (χ2v) is 7.52. The molecule has 3 fully saturated rings. The first kappa shape index (κ1) is 12.4. The summed E-state index contributed by atoms with van der Waals surface area (Å²) < 4.78 is 0. The van der Waals surface area contributed by atoms with Crippen molar-refractivity contribution in [2.45, 2.75) is 73.0 Å². The predicted molar refractivity (Wildman–Crippen MR) is 70.4 cm³/mol. The van der Waals surface area contributed by atoms with Crippen molar-refractivity contribution in [1.29, 1.82) is 0 Å². The number of piperidine rings is 1. The number of nitrogens with zero attached hydrogens (tertiary/aromatic N) is 1. The van der Waals surface area contributed by atoms with E-state index in [1.54, 1.807) is 0 Å². The molecule has 0 amide bonds. The third-order valence-electron chi connectivity index (χ3n) is 5.19. The van der Waals surface area contributed by atoms with Gasteiger partial charge in [0.25, 0.3) is 0 Å². The molecule has 94 valence electrons. The first-order valence-electron chi connectivity index (χ1n) is 7.02. The normalized spacial score (nSPS) is 44.6. The highest BCUT2D eigenvalue weighted by Crippen LogP contribution is 2.54. The summed E-state index contributed by atoms with van der Waals surface area (Å²) in [5, 5.41) is 0. The smallest absolute Gasteiger partial charge is 0.0145 e. The maximum Gasteiger partial charge on any atom is 0.0145 e. The molecule has 0 aromatic rings. The number of fused-ring (bicyclic) bond motifs is 2. The summed E-state index contributed by atoms with van der Waals surface area (Å²) in [6, 6.07) is 2.46. The minimum atomic E-state index is 0.471. The zero-order chi connectivity index (χ0) is 12.2. The van der Waals surface area contributed by atoms with Crippen LogP contribution >= 0.6 is 0 Å². The molecule has 0 radical (unpaired) electrons. The van der Waals surface area contributed by atoms with Crippen LogP contribution in [0.2, 0.25) is 0 Å². The van der Waals surface area contributed by atoms with Crippen LogP contribution in [0.4, 0.5) is 0 Å². The lowest BCUT2D eigenvalue weighted by molar-refractivity contribution is -0.164. The summed E-state index contributed by atoms with van der Waals surface area (Å²) in [5.74, 6) is 2.62. The Hall–Kier alpha value is -0.0400. The van der Waals surface area contributed by atoms with Gasteiger partial charge in [0.05, 0.1) is 0 Å². The van der Waals surface area contributed by atoms with Crippen LogP contribution in [0.15, 0.2) is 0 Å². The van der Waals surface area contributed by atoms with E-state index in [2.05, 4.69) is 53.4 Å². The fraction of sp³-hybridized carbons (Fsp3) is 1.00. The third kappa shape index (κ3) is 1.63. The molecule has 0 N–H and O–H groups in total. The molecule has 2 heterocycles. The van der Waals surface area contributed by atoms with Gasteiger partial charge in [-0.2, -0.15) is 0 Å². The summed E-state index contributed by atoms with van der Waals surface area (Å²) in [6.45, 7) is 17.0. The minimum Gasteiger partial charge on any atom is -0.294 e. The van der Waals surface area contributed by atoms with Crippen molar-refractivity contribution >= 4 is 0 Å². The molecule has 1 heteroatoms. The Labute approximate surface area is 102 Å². The van der Waals surface area contributed by atoms with Crippen LogP contribution in [0.25, 0.3) is 0 Å². The van der Waals surface area contributed by atoms with E-state index in [0.29, 0.717) is 5.41 Å². The average molecular weight is 223 g/mol. The molecule has 2 bridgehead atoms. The molecule has 1 nitrogen and oxygen atoms in total. The van der Waals surface area contributed by atoms with Gasteiger partial charge in [0.1, 0.15) is 0 Å². The third-order valence-corrected chi connectivity index (χ3v) is 5.19. The van der Waals surface area contributed by atoms with E-state index < -0.39 is 0 Å². The summed E-state index contributed by atoms with van der Waals surface area (Å²) in [7, 11) is 0. The molecular weight excluding hydrogens is 194 g/mol. The fourth-order valence-electron chi connectivity index (χ4n) is 4.87. The van der Waals surface area contributed by atoms with Gasteiger partial charge in [0.2, 0.25) is 0 Å². The van der Waals surface area contributed by atoms with Crippen LogP contribution in [0.1, 0.15) is 54.9 Å². The summed E-state index contributed by atoms with van der Waals surface area (Å²) in [6.07, 6.45) is 1.45. The topological polar surface area (TPSA) is 3.24 Å². The van der Waals surface area contributed by atoms with E-state index in [-0.39, 0.29) is 0 Å². The molecule has 4 atom stereocenters. The molecule has 0 aromatic carbocycles. The summed E-state index contributed by atoms with van der Waals surface area (Å²) in [4.78, 5) is 2.78. The summed E-state index contributed by atoms with van der Waals surface area (Å²) >= 11 is 0. The van der Waals surface area contributed by atoms with E-state index in [1.807, 2.05) is 0 Å². The Morgan fingerprint density at radius 2 is 1.44 bits per heavy atom. The van der Waals surface area contributed by atoms with Crippen LogP contribution in [0.3, 0.4) is 0 Å². The lowest BCUT2D eigenvalue weighted by Gasteiger charge is -2.65. The Morgan fingerprint density at radius 1 is 1.00 bits per heavy atom. The monoisotopic (exact) mass is 223 g/mol. The first-order chi connectivity index (χ1) is 7.25. The lowest BCUT2D eigenvalue weighted by atomic mass is 9.54. The van der Waals surface area contributed by atoms with Crippen LogP contribution in [-0.4, -0.2) is 23.0 Å². The van der Waals surface area contributed by atoms with Crippen LogP contribution in [0, 0.1) is 23.2 Å². The fourth-order valence-corrected chi connectivity index (χ4v) is 4.87. The number of hydrogen-bond donors (Lipinski definition) is 0. The van der Waals surface area contributed by atoms with Crippen LogP contribution in [-0.2, 0) is 0 Å². The molecule has 16 heavy (non-hydrogen) atoms. The van der Waals surface area contributed by atoms with Crippen LogP contribution < -0.4 is 0 Å². The highest BCUT2D eigenvalue weighted by Gasteiger charge is 2.56. The minimum absolute atomic E-state index is 0.471. The standard InChI is InChI=1S/C15H29N/c1-9(2)16-12-8-13(16)11(4)14(10(12)3)15(5,6)7/h9-14H,8H2,1-7H3. The second kappa shape index (κ2) is 3.73. The maximum atomic E-state index is 2.78. The quantitative estimate of drug-likeness (QED) is 0.654. The van der Waals surface area contributed by atoms with Gasteiger partial charge in [0.15, 0.2) is 0 Å². The van der Waals surface area contributed by atoms with Gasteiger partial charge < -0.3 is 0 Å². The first-order valence-corrected chi connectivity index (χ1v) is 7.02. The van der Waals surface area contributed by atoms with Crippen molar-refractivity contribution in [2.75, 3.05) is 0 Å². The van der Waals surface area contributed by atoms with Crippen molar-refractivity contribution in [1.82, 2.24) is 4.90 Å². The number of rotatable bonds is 1. The molecule has 2 saturated heterocycles. The highest BCUT2D eigenvalue weighted by molar-refractivity contribution is 5.09. The molecule has 1 aliphatic carbocycles. The number of hydrogen-bond acceptors (Lipinski definition) is 1. The molecule has 4 unspecified atom stereocenters. The zero-order valence-corrected chi connectivity index (χ0v) is 12.1. The Kier molecular flexibility index (Phi) is 2.89. The molecule has 0 aromatic heterocycles. The van der Waals surface area contributed by atoms with E-state index in [0.717, 1.165) is 35.9 Å². The summed E-state index contributed by atoms with van der Waals surface area (Å²) in [5.41, 5.74) is 0.471. The van der Waals surface area contributed by atoms with Gasteiger partial charge in [-0.05, 0) is 43.4 Å². The molecular formula is C15H29N. The van der Waals surface area contributed by atoms with Gasteiger partial charge >= 0.3 is 0 Å². The van der Waals surface area contributed by atoms with Crippen molar-refractivity contribution in [3.8, 4) is 0 Å². The Balaban J connectivity index is 2.20. The van der Waals surface area contributed by atoms with E-state index >= 15 is 0 Å². The molecule has 3 rings (SSSR count). The van der Waals surface area contributed by atoms with Crippen molar-refractivity contribution in [2.24, 2.45) is 23.2 Å². The van der Waals surface area contributed by atoms with Crippen molar-refractivity contribution in [3.63, 3.8) is 0 Å². The largest absolute Gasteiger partial charge is 0.294 e. The highest BCUT2D eigenvalue weighted by atomic mass is 15.3. The molecule has 0 spiro atoms. The van der Waals surface area contributed by atoms with Gasteiger partial charge in [-0.25, -0.2) is 0 Å². The SMILES string of the molecule is CC1C2CC(C(C)C1C(C)(C)C)N2C(C)C. The van der Waals surface area contributed by atoms with Gasteiger partial charge in [-0.3, -0.25) is 4.90 Å². The molecule has 1 saturated carbocycles. The zero-order valence-electron chi connectivity index (χ0n) is 12.1. The Bertz CT molecular complexity index is 247. The maximum absolute atomic E-state index is 2.78. The van der Waals surface area contributed by atoms with Crippen molar-refractivity contribution in [3.05, 3.63) is 0 Å². The molecule has 3 aliphatic rings. The lowest BCUT2D eigenvalue weighted by Crippen LogP contribution is -2.71. The van der Waals surface area contributed by atoms with Crippen LogP contribution in [0.5, 0.6) is 0 Å². The van der Waals surface area contributed by atoms with Gasteiger partial charge in [-0.15, -0.1) is 0 Å². The van der Waals surface area contributed by atoms with E-state index in [9.17, 15) is 0 Å². The van der Waals surface area contributed by atoms with Gasteiger partial charge in [-0.1, -0.05) is 34.6 Å². The second-order valence-electron chi connectivity index (χ2n) is 7.52. The van der Waals surface area contributed by atoms with E-state index in [1.165, 1.54) is 6.42 Å². The predicted octanol–water partition coefficient (Wildman–Crippen LogP) is 3.79. The Morgan fingerprint density at radius 3 is 1.75 bits per heavy atom. The van der Waals surface area contributed by atoms with E-state index in [4.69, 9.17) is 0 Å². The average Bonchev–Trinajstić information content (AvgIpc) is 1.95.